The topological polar surface area (TPSA) is 116 Å². The van der Waals surface area contributed by atoms with Gasteiger partial charge in [0.1, 0.15) is 11.5 Å². The van der Waals surface area contributed by atoms with Gasteiger partial charge in [0.05, 0.1) is 19.1 Å². The highest BCUT2D eigenvalue weighted by Crippen LogP contribution is 2.28. The van der Waals surface area contributed by atoms with Gasteiger partial charge in [-0.2, -0.15) is 0 Å². The lowest BCUT2D eigenvalue weighted by molar-refractivity contribution is -0.143. The highest BCUT2D eigenvalue weighted by molar-refractivity contribution is 7.93. The largest absolute Gasteiger partial charge is 0.508 e. The van der Waals surface area contributed by atoms with Crippen molar-refractivity contribution in [1.82, 2.24) is 0 Å². The summed E-state index contributed by atoms with van der Waals surface area (Å²) >= 11 is 0. The molecule has 0 heterocycles. The number of carbonyl (C=O) groups is 1. The second-order valence-corrected chi connectivity index (χ2v) is 7.61. The first-order valence-corrected chi connectivity index (χ1v) is 8.77. The number of methoxy groups -OCH3 is 2. The van der Waals surface area contributed by atoms with E-state index in [4.69, 9.17) is 10.5 Å². The summed E-state index contributed by atoms with van der Waals surface area (Å²) in [6, 6.07) is 11.3. The number of esters is 1. The molecule has 2 aromatic rings. The van der Waals surface area contributed by atoms with Crippen LogP contribution in [0.25, 0.3) is 0 Å². The number of sulfone groups is 1. The molecule has 0 radical (unpaired) electrons. The second-order valence-electron chi connectivity index (χ2n) is 5.40. The molecule has 0 spiro atoms. The first kappa shape index (κ1) is 18.8. The quantitative estimate of drug-likeness (QED) is 0.740. The third-order valence-electron chi connectivity index (χ3n) is 3.78. The standard InChI is InChI=1S/C17H19NO6S/c1-23-14-7-3-12(4-8-14)11-17(18,16(20)24-2)25(21,22)15-9-5-13(19)6-10-15/h3-10,19H,11,18H2,1-2H3. The summed E-state index contributed by atoms with van der Waals surface area (Å²) in [7, 11) is -1.70. The number of hydrogen-bond acceptors (Lipinski definition) is 7. The van der Waals surface area contributed by atoms with Crippen LogP contribution in [0.15, 0.2) is 53.4 Å². The van der Waals surface area contributed by atoms with Crippen LogP contribution in [-0.4, -0.2) is 38.6 Å². The lowest BCUT2D eigenvalue weighted by Gasteiger charge is -2.26. The van der Waals surface area contributed by atoms with Gasteiger partial charge in [0.2, 0.25) is 14.7 Å². The first-order chi connectivity index (χ1) is 11.7. The normalized spacial score (nSPS) is 13.7. The van der Waals surface area contributed by atoms with Crippen molar-refractivity contribution in [2.24, 2.45) is 5.73 Å². The lowest BCUT2D eigenvalue weighted by Crippen LogP contribution is -2.56. The number of rotatable bonds is 6. The molecule has 1 unspecified atom stereocenters. The molecule has 2 aromatic carbocycles. The Morgan fingerprint density at radius 3 is 2.12 bits per heavy atom. The molecule has 0 aromatic heterocycles. The Bertz CT molecular complexity index is 846. The highest BCUT2D eigenvalue weighted by Gasteiger charge is 2.49. The second kappa shape index (κ2) is 7.12. The molecule has 134 valence electrons. The van der Waals surface area contributed by atoms with E-state index in [2.05, 4.69) is 4.74 Å². The van der Waals surface area contributed by atoms with Crippen LogP contribution in [0.5, 0.6) is 11.5 Å². The number of ether oxygens (including phenoxy) is 2. The molecule has 0 aliphatic heterocycles. The van der Waals surface area contributed by atoms with Crippen LogP contribution in [-0.2, 0) is 25.8 Å². The Morgan fingerprint density at radius 2 is 1.64 bits per heavy atom. The van der Waals surface area contributed by atoms with Crippen molar-refractivity contribution in [3.05, 3.63) is 54.1 Å². The Morgan fingerprint density at radius 1 is 1.08 bits per heavy atom. The van der Waals surface area contributed by atoms with E-state index in [0.29, 0.717) is 11.3 Å². The minimum Gasteiger partial charge on any atom is -0.508 e. The smallest absolute Gasteiger partial charge is 0.342 e. The van der Waals surface area contributed by atoms with Crippen LogP contribution in [0.2, 0.25) is 0 Å². The van der Waals surface area contributed by atoms with Crippen LogP contribution >= 0.6 is 0 Å². The van der Waals surface area contributed by atoms with Crippen molar-refractivity contribution >= 4 is 15.8 Å². The Kier molecular flexibility index (Phi) is 5.34. The molecule has 0 amide bonds. The molecule has 0 saturated heterocycles. The van der Waals surface area contributed by atoms with Crippen molar-refractivity contribution in [3.63, 3.8) is 0 Å². The van der Waals surface area contributed by atoms with Crippen molar-refractivity contribution in [2.45, 2.75) is 16.2 Å². The Hall–Kier alpha value is -2.58. The molecule has 7 nitrogen and oxygen atoms in total. The lowest BCUT2D eigenvalue weighted by atomic mass is 10.1. The number of phenolic OH excluding ortho intramolecular Hbond substituents is 1. The summed E-state index contributed by atoms with van der Waals surface area (Å²) in [5.74, 6) is -0.586. The average Bonchev–Trinajstić information content (AvgIpc) is 2.61. The fourth-order valence-electron chi connectivity index (χ4n) is 2.33. The molecule has 0 aliphatic rings. The summed E-state index contributed by atoms with van der Waals surface area (Å²) in [6.45, 7) is 0. The minimum atomic E-state index is -4.28. The SMILES string of the molecule is COC(=O)C(N)(Cc1ccc(OC)cc1)S(=O)(=O)c1ccc(O)cc1. The summed E-state index contributed by atoms with van der Waals surface area (Å²) < 4.78 is 35.6. The van der Waals surface area contributed by atoms with E-state index in [9.17, 15) is 18.3 Å². The van der Waals surface area contributed by atoms with Crippen LogP contribution < -0.4 is 10.5 Å². The molecule has 1 atom stereocenters. The molecule has 8 heteroatoms. The monoisotopic (exact) mass is 365 g/mol. The molecule has 3 N–H and O–H groups in total. The fourth-order valence-corrected chi connectivity index (χ4v) is 3.91. The zero-order valence-electron chi connectivity index (χ0n) is 13.8. The predicted molar refractivity (Wildman–Crippen MR) is 90.9 cm³/mol. The van der Waals surface area contributed by atoms with Crippen LogP contribution in [0.4, 0.5) is 0 Å². The van der Waals surface area contributed by atoms with Gasteiger partial charge in [0.25, 0.3) is 0 Å². The summed E-state index contributed by atoms with van der Waals surface area (Å²) in [4.78, 5) is 9.75. The van der Waals surface area contributed by atoms with E-state index >= 15 is 0 Å². The summed E-state index contributed by atoms with van der Waals surface area (Å²) in [6.07, 6.45) is -0.285. The van der Waals surface area contributed by atoms with Crippen LogP contribution in [0, 0.1) is 0 Å². The Balaban J connectivity index is 2.49. The van der Waals surface area contributed by atoms with E-state index in [1.165, 1.54) is 31.4 Å². The van der Waals surface area contributed by atoms with Crippen molar-refractivity contribution in [1.29, 1.82) is 0 Å². The van der Waals surface area contributed by atoms with Gasteiger partial charge >= 0.3 is 5.97 Å². The molecule has 0 saturated carbocycles. The molecule has 0 bridgehead atoms. The number of nitrogens with two attached hydrogens (primary N) is 1. The van der Waals surface area contributed by atoms with Gasteiger partial charge in [-0.25, -0.2) is 13.2 Å². The van der Waals surface area contributed by atoms with Crippen molar-refractivity contribution in [3.8, 4) is 11.5 Å². The zero-order chi connectivity index (χ0) is 18.7. The molecule has 0 aliphatic carbocycles. The van der Waals surface area contributed by atoms with Gasteiger partial charge in [0, 0.05) is 6.42 Å². The van der Waals surface area contributed by atoms with Crippen LogP contribution in [0.1, 0.15) is 5.56 Å². The van der Waals surface area contributed by atoms with Crippen LogP contribution in [0.3, 0.4) is 0 Å². The van der Waals surface area contributed by atoms with Crippen molar-refractivity contribution in [2.75, 3.05) is 14.2 Å². The summed E-state index contributed by atoms with van der Waals surface area (Å²) in [5, 5.41) is 9.34. The number of benzene rings is 2. The minimum absolute atomic E-state index is 0.102. The van der Waals surface area contributed by atoms with Crippen molar-refractivity contribution < 1.29 is 27.8 Å². The van der Waals surface area contributed by atoms with E-state index in [1.54, 1.807) is 24.3 Å². The number of aromatic hydroxyl groups is 1. The van der Waals surface area contributed by atoms with Gasteiger partial charge in [-0.15, -0.1) is 0 Å². The zero-order valence-corrected chi connectivity index (χ0v) is 14.6. The van der Waals surface area contributed by atoms with E-state index < -0.39 is 20.7 Å². The number of carbonyl (C=O) groups excluding carboxylic acids is 1. The third kappa shape index (κ3) is 3.59. The number of hydrogen-bond donors (Lipinski definition) is 2. The molecular weight excluding hydrogens is 346 g/mol. The van der Waals surface area contributed by atoms with Gasteiger partial charge in [0.15, 0.2) is 0 Å². The summed E-state index contributed by atoms with van der Waals surface area (Å²) in [5.41, 5.74) is 6.57. The molecule has 2 rings (SSSR count). The fraction of sp³-hybridized carbons (Fsp3) is 0.235. The Labute approximate surface area is 145 Å². The number of phenols is 1. The van der Waals surface area contributed by atoms with Gasteiger partial charge in [-0.1, -0.05) is 12.1 Å². The predicted octanol–water partition coefficient (Wildman–Crippen LogP) is 1.25. The highest BCUT2D eigenvalue weighted by atomic mass is 32.2. The van der Waals surface area contributed by atoms with E-state index in [0.717, 1.165) is 7.11 Å². The first-order valence-electron chi connectivity index (χ1n) is 7.28. The molecule has 25 heavy (non-hydrogen) atoms. The molecular formula is C17H19NO6S. The third-order valence-corrected chi connectivity index (χ3v) is 5.95. The van der Waals surface area contributed by atoms with Gasteiger partial charge in [-0.3, -0.25) is 0 Å². The maximum absolute atomic E-state index is 13.0. The maximum atomic E-state index is 13.0. The van der Waals surface area contributed by atoms with E-state index in [-0.39, 0.29) is 17.1 Å². The van der Waals surface area contributed by atoms with E-state index in [1.807, 2.05) is 0 Å². The maximum Gasteiger partial charge on any atom is 0.342 e. The van der Waals surface area contributed by atoms with Gasteiger partial charge in [-0.05, 0) is 42.0 Å². The molecule has 0 fully saturated rings. The van der Waals surface area contributed by atoms with Gasteiger partial charge < -0.3 is 20.3 Å². The average molecular weight is 365 g/mol.